The number of ether oxygens (including phenoxy) is 2. The van der Waals surface area contributed by atoms with Gasteiger partial charge in [-0.05, 0) is 78.7 Å². The number of rotatable bonds is 12. The van der Waals surface area contributed by atoms with Gasteiger partial charge in [-0.3, -0.25) is 4.90 Å². The highest BCUT2D eigenvalue weighted by atomic mass is 16.5. The summed E-state index contributed by atoms with van der Waals surface area (Å²) in [5, 5.41) is 9.32. The molecular formula is C32H39NO4. The fourth-order valence-corrected chi connectivity index (χ4v) is 5.32. The smallest absolute Gasteiger partial charge is 0.333 e. The number of carboxylic acids is 1. The Bertz CT molecular complexity index is 1170. The molecule has 196 valence electrons. The number of hydrogen-bond acceptors (Lipinski definition) is 4. The van der Waals surface area contributed by atoms with E-state index in [9.17, 15) is 9.90 Å². The first kappa shape index (κ1) is 26.9. The van der Waals surface area contributed by atoms with Crippen molar-refractivity contribution < 1.29 is 19.4 Å². The molecule has 0 saturated heterocycles. The quantitative estimate of drug-likeness (QED) is 0.336. The summed E-state index contributed by atoms with van der Waals surface area (Å²) in [5.41, 5.74) is 8.02. The predicted molar refractivity (Wildman–Crippen MR) is 147 cm³/mol. The lowest BCUT2D eigenvalue weighted by molar-refractivity contribution is -0.149. The number of fused-ring (bicyclic) bond motifs is 2. The second-order valence-corrected chi connectivity index (χ2v) is 9.84. The van der Waals surface area contributed by atoms with E-state index in [4.69, 9.17) is 9.47 Å². The molecule has 2 atom stereocenters. The van der Waals surface area contributed by atoms with Crippen molar-refractivity contribution in [3.05, 3.63) is 100 Å². The molecule has 1 aliphatic rings. The molecule has 37 heavy (non-hydrogen) atoms. The molecule has 4 rings (SSSR count). The summed E-state index contributed by atoms with van der Waals surface area (Å²) in [6, 6.07) is 23.8. The number of nitrogens with zero attached hydrogens (tertiary/aromatic N) is 1. The van der Waals surface area contributed by atoms with Gasteiger partial charge in [-0.15, -0.1) is 0 Å². The van der Waals surface area contributed by atoms with Crippen LogP contribution in [0.1, 0.15) is 59.7 Å². The molecule has 5 nitrogen and oxygen atoms in total. The van der Waals surface area contributed by atoms with Gasteiger partial charge in [0.2, 0.25) is 0 Å². The summed E-state index contributed by atoms with van der Waals surface area (Å²) < 4.78 is 11.4. The maximum Gasteiger partial charge on any atom is 0.333 e. The zero-order chi connectivity index (χ0) is 26.2. The zero-order valence-corrected chi connectivity index (χ0v) is 22.3. The van der Waals surface area contributed by atoms with Crippen molar-refractivity contribution in [2.75, 3.05) is 26.8 Å². The first-order valence-electron chi connectivity index (χ1n) is 13.5. The Hall–Kier alpha value is -3.15. The van der Waals surface area contributed by atoms with E-state index in [-0.39, 0.29) is 6.04 Å². The van der Waals surface area contributed by atoms with E-state index in [0.29, 0.717) is 19.6 Å². The molecule has 1 N–H and O–H groups in total. The monoisotopic (exact) mass is 501 g/mol. The SMILES string of the molecule is CCCc1ccc2c(c1)CCc1ccccc1C2N(C)CCOc1ccc(CC(OCC)C(=O)O)cc1. The van der Waals surface area contributed by atoms with Crippen LogP contribution in [0.3, 0.4) is 0 Å². The molecule has 1 aliphatic carbocycles. The van der Waals surface area contributed by atoms with E-state index in [2.05, 4.69) is 61.3 Å². The summed E-state index contributed by atoms with van der Waals surface area (Å²) in [5.74, 6) is -0.153. The van der Waals surface area contributed by atoms with Gasteiger partial charge in [0.25, 0.3) is 0 Å². The van der Waals surface area contributed by atoms with Crippen molar-refractivity contribution in [1.82, 2.24) is 4.90 Å². The van der Waals surface area contributed by atoms with Gasteiger partial charge in [0.05, 0.1) is 6.04 Å². The lowest BCUT2D eigenvalue weighted by Crippen LogP contribution is -2.30. The number of aliphatic carboxylic acids is 1. The van der Waals surface area contributed by atoms with Gasteiger partial charge in [0.1, 0.15) is 12.4 Å². The van der Waals surface area contributed by atoms with Crippen molar-refractivity contribution >= 4 is 5.97 Å². The summed E-state index contributed by atoms with van der Waals surface area (Å²) in [6.07, 6.45) is 3.94. The highest BCUT2D eigenvalue weighted by Crippen LogP contribution is 2.36. The Kier molecular flexibility index (Phi) is 9.37. The molecular weight excluding hydrogens is 462 g/mol. The van der Waals surface area contributed by atoms with Crippen LogP contribution in [0.25, 0.3) is 0 Å². The van der Waals surface area contributed by atoms with Crippen LogP contribution in [0.2, 0.25) is 0 Å². The van der Waals surface area contributed by atoms with Crippen molar-refractivity contribution in [3.8, 4) is 5.75 Å². The van der Waals surface area contributed by atoms with Gasteiger partial charge in [0.15, 0.2) is 6.10 Å². The molecule has 2 unspecified atom stereocenters. The van der Waals surface area contributed by atoms with E-state index in [1.807, 2.05) is 24.3 Å². The number of likely N-dealkylation sites (N-methyl/N-ethyl adjacent to an activating group) is 1. The highest BCUT2D eigenvalue weighted by molar-refractivity contribution is 5.72. The van der Waals surface area contributed by atoms with Crippen LogP contribution in [-0.4, -0.2) is 48.9 Å². The van der Waals surface area contributed by atoms with Gasteiger partial charge >= 0.3 is 5.97 Å². The minimum absolute atomic E-state index is 0.196. The zero-order valence-electron chi connectivity index (χ0n) is 22.3. The largest absolute Gasteiger partial charge is 0.492 e. The topological polar surface area (TPSA) is 59.0 Å². The molecule has 0 bridgehead atoms. The Labute approximate surface area is 221 Å². The summed E-state index contributed by atoms with van der Waals surface area (Å²) >= 11 is 0. The maximum absolute atomic E-state index is 11.4. The molecule has 0 saturated carbocycles. The summed E-state index contributed by atoms with van der Waals surface area (Å²) in [6.45, 7) is 5.76. The van der Waals surface area contributed by atoms with Gasteiger partial charge < -0.3 is 14.6 Å². The average Bonchev–Trinajstić information content (AvgIpc) is 3.06. The number of aryl methyl sites for hydroxylation is 3. The Morgan fingerprint density at radius 1 is 0.973 bits per heavy atom. The maximum atomic E-state index is 11.4. The van der Waals surface area contributed by atoms with Crippen LogP contribution in [0.15, 0.2) is 66.7 Å². The van der Waals surface area contributed by atoms with Crippen molar-refractivity contribution in [1.29, 1.82) is 0 Å². The van der Waals surface area contributed by atoms with E-state index < -0.39 is 12.1 Å². The highest BCUT2D eigenvalue weighted by Gasteiger charge is 2.27. The van der Waals surface area contributed by atoms with Gasteiger partial charge in [-0.25, -0.2) is 4.79 Å². The van der Waals surface area contributed by atoms with Gasteiger partial charge in [0, 0.05) is 19.6 Å². The minimum atomic E-state index is -0.937. The molecule has 0 aliphatic heterocycles. The molecule has 3 aromatic carbocycles. The van der Waals surface area contributed by atoms with E-state index in [1.54, 1.807) is 6.92 Å². The normalized spacial score (nSPS) is 15.5. The summed E-state index contributed by atoms with van der Waals surface area (Å²) in [7, 11) is 2.18. The lowest BCUT2D eigenvalue weighted by Gasteiger charge is -2.30. The number of carbonyl (C=O) groups is 1. The average molecular weight is 502 g/mol. The van der Waals surface area contributed by atoms with Crippen LogP contribution in [0.5, 0.6) is 5.75 Å². The molecule has 0 amide bonds. The molecule has 0 aromatic heterocycles. The second-order valence-electron chi connectivity index (χ2n) is 9.84. The molecule has 0 fully saturated rings. The predicted octanol–water partition coefficient (Wildman–Crippen LogP) is 5.87. The number of hydrogen-bond donors (Lipinski definition) is 1. The molecule has 3 aromatic rings. The van der Waals surface area contributed by atoms with Gasteiger partial charge in [-0.2, -0.15) is 0 Å². The van der Waals surface area contributed by atoms with Crippen LogP contribution < -0.4 is 4.74 Å². The molecule has 0 radical (unpaired) electrons. The minimum Gasteiger partial charge on any atom is -0.492 e. The molecule has 0 heterocycles. The first-order valence-corrected chi connectivity index (χ1v) is 13.5. The second kappa shape index (κ2) is 12.9. The van der Waals surface area contributed by atoms with Crippen LogP contribution in [0.4, 0.5) is 0 Å². The Morgan fingerprint density at radius 2 is 1.68 bits per heavy atom. The van der Waals surface area contributed by atoms with Crippen molar-refractivity contribution in [3.63, 3.8) is 0 Å². The lowest BCUT2D eigenvalue weighted by atomic mass is 9.92. The fourth-order valence-electron chi connectivity index (χ4n) is 5.32. The third-order valence-electron chi connectivity index (χ3n) is 7.20. The third kappa shape index (κ3) is 6.79. The third-order valence-corrected chi connectivity index (χ3v) is 7.20. The van der Waals surface area contributed by atoms with E-state index in [1.165, 1.54) is 27.8 Å². The van der Waals surface area contributed by atoms with Gasteiger partial charge in [-0.1, -0.05) is 67.9 Å². The van der Waals surface area contributed by atoms with Crippen LogP contribution in [-0.2, 0) is 35.2 Å². The van der Waals surface area contributed by atoms with Crippen molar-refractivity contribution in [2.45, 2.75) is 58.1 Å². The van der Waals surface area contributed by atoms with Crippen molar-refractivity contribution in [2.24, 2.45) is 0 Å². The standard InChI is InChI=1S/C32H39NO4/c1-4-8-23-13-18-29-26(21-23)15-14-25-9-6-7-10-28(25)31(29)33(3)19-20-37-27-16-11-24(12-17-27)22-30(32(34)35)36-5-2/h6-7,9-13,16-18,21,30-31H,4-5,8,14-15,19-20,22H2,1-3H3,(H,34,35). The number of carboxylic acid groups (broad SMARTS) is 1. The van der Waals surface area contributed by atoms with Crippen LogP contribution in [0, 0.1) is 0 Å². The Morgan fingerprint density at radius 3 is 2.41 bits per heavy atom. The van der Waals surface area contributed by atoms with Crippen LogP contribution >= 0.6 is 0 Å². The van der Waals surface area contributed by atoms with E-state index >= 15 is 0 Å². The van der Waals surface area contributed by atoms with E-state index in [0.717, 1.165) is 43.5 Å². The first-order chi connectivity index (χ1) is 18.0. The molecule has 0 spiro atoms. The summed E-state index contributed by atoms with van der Waals surface area (Å²) in [4.78, 5) is 13.8. The Balaban J connectivity index is 1.43. The number of benzene rings is 3. The molecule has 5 heteroatoms. The fraction of sp³-hybridized carbons (Fsp3) is 0.406.